The van der Waals surface area contributed by atoms with E-state index in [-0.39, 0.29) is 30.0 Å². The van der Waals surface area contributed by atoms with Crippen LogP contribution in [-0.2, 0) is 11.2 Å². The largest absolute Gasteiger partial charge is 0.495 e. The van der Waals surface area contributed by atoms with Gasteiger partial charge in [0.05, 0.1) is 12.8 Å². The predicted octanol–water partition coefficient (Wildman–Crippen LogP) is 4.05. The minimum Gasteiger partial charge on any atom is -0.495 e. The van der Waals surface area contributed by atoms with Gasteiger partial charge in [-0.2, -0.15) is 0 Å². The van der Waals surface area contributed by atoms with Crippen molar-refractivity contribution in [2.24, 2.45) is 5.92 Å². The number of carbonyl (C=O) groups excluding carboxylic acids is 1. The third-order valence-electron chi connectivity index (χ3n) is 3.75. The van der Waals surface area contributed by atoms with Gasteiger partial charge in [0.15, 0.2) is 0 Å². The quantitative estimate of drug-likeness (QED) is 0.771. The molecule has 0 saturated heterocycles. The van der Waals surface area contributed by atoms with E-state index in [1.807, 2.05) is 6.92 Å². The fraction of sp³-hybridized carbons (Fsp3) is 0.278. The first-order valence-electron chi connectivity index (χ1n) is 7.49. The maximum Gasteiger partial charge on any atom is 0.227 e. The van der Waals surface area contributed by atoms with Crippen LogP contribution in [0.1, 0.15) is 18.9 Å². The van der Waals surface area contributed by atoms with Crippen molar-refractivity contribution >= 4 is 29.7 Å². The number of carbonyl (C=O) groups is 1. The van der Waals surface area contributed by atoms with Crippen molar-refractivity contribution in [1.82, 2.24) is 0 Å². The number of halogens is 2. The molecule has 6 heteroatoms. The zero-order chi connectivity index (χ0) is 16.8. The van der Waals surface area contributed by atoms with Gasteiger partial charge in [-0.25, -0.2) is 4.39 Å². The molecule has 2 rings (SSSR count). The van der Waals surface area contributed by atoms with Crippen molar-refractivity contribution in [1.29, 1.82) is 0 Å². The molecule has 0 aromatic heterocycles. The summed E-state index contributed by atoms with van der Waals surface area (Å²) in [5.74, 6) is -0.0255. The molecular weight excluding hydrogens is 331 g/mol. The summed E-state index contributed by atoms with van der Waals surface area (Å²) in [5, 5.41) is 2.82. The Hall–Kier alpha value is -2.27. The van der Waals surface area contributed by atoms with Gasteiger partial charge in [-0.05, 0) is 42.7 Å². The van der Waals surface area contributed by atoms with E-state index in [0.717, 1.165) is 0 Å². The van der Waals surface area contributed by atoms with Gasteiger partial charge in [-0.3, -0.25) is 4.79 Å². The molecule has 0 spiro atoms. The predicted molar refractivity (Wildman–Crippen MR) is 97.2 cm³/mol. The Morgan fingerprint density at radius 3 is 2.62 bits per heavy atom. The summed E-state index contributed by atoms with van der Waals surface area (Å²) in [5.41, 5.74) is 7.52. The fourth-order valence-electron chi connectivity index (χ4n) is 2.28. The Labute approximate surface area is 147 Å². The smallest absolute Gasteiger partial charge is 0.227 e. The lowest BCUT2D eigenvalue weighted by Crippen LogP contribution is -2.21. The van der Waals surface area contributed by atoms with Crippen LogP contribution in [0.3, 0.4) is 0 Å². The molecule has 0 aliphatic rings. The Kier molecular flexibility index (Phi) is 7.52. The van der Waals surface area contributed by atoms with Gasteiger partial charge >= 0.3 is 0 Å². The van der Waals surface area contributed by atoms with Crippen LogP contribution in [0.25, 0.3) is 0 Å². The minimum absolute atomic E-state index is 0. The Morgan fingerprint density at radius 1 is 1.29 bits per heavy atom. The van der Waals surface area contributed by atoms with Crippen LogP contribution in [0.5, 0.6) is 5.75 Å². The lowest BCUT2D eigenvalue weighted by molar-refractivity contribution is -0.119. The molecule has 0 bridgehead atoms. The van der Waals surface area contributed by atoms with Crippen molar-refractivity contribution in [3.05, 3.63) is 53.8 Å². The topological polar surface area (TPSA) is 64.3 Å². The van der Waals surface area contributed by atoms with Crippen LogP contribution >= 0.6 is 12.4 Å². The second kappa shape index (κ2) is 9.13. The molecule has 1 unspecified atom stereocenters. The van der Waals surface area contributed by atoms with E-state index >= 15 is 0 Å². The number of hydrogen-bond donors (Lipinski definition) is 2. The summed E-state index contributed by atoms with van der Waals surface area (Å²) in [4.78, 5) is 12.2. The number of benzene rings is 2. The van der Waals surface area contributed by atoms with Crippen LogP contribution in [0.15, 0.2) is 42.5 Å². The normalized spacial score (nSPS) is 11.3. The number of methoxy groups -OCH3 is 1. The van der Waals surface area contributed by atoms with Gasteiger partial charge in [-0.15, -0.1) is 12.4 Å². The van der Waals surface area contributed by atoms with Gasteiger partial charge < -0.3 is 15.8 Å². The molecular formula is C18H22ClFN2O2. The SMILES string of the molecule is COc1ccc(NC(=O)C(C)CCc2ccccc2F)cc1N.Cl. The van der Waals surface area contributed by atoms with Crippen LogP contribution in [0.2, 0.25) is 0 Å². The molecule has 0 fully saturated rings. The van der Waals surface area contributed by atoms with Crippen molar-refractivity contribution in [2.45, 2.75) is 19.8 Å². The maximum atomic E-state index is 13.6. The first-order chi connectivity index (χ1) is 11.0. The molecule has 2 aromatic carbocycles. The first-order valence-corrected chi connectivity index (χ1v) is 7.49. The van der Waals surface area contributed by atoms with Gasteiger partial charge in [-0.1, -0.05) is 25.1 Å². The Morgan fingerprint density at radius 2 is 2.00 bits per heavy atom. The first kappa shape index (κ1) is 19.8. The minimum atomic E-state index is -0.238. The van der Waals surface area contributed by atoms with Crippen molar-refractivity contribution in [2.75, 3.05) is 18.2 Å². The summed E-state index contributed by atoms with van der Waals surface area (Å²) in [6.45, 7) is 1.82. The molecule has 4 nitrogen and oxygen atoms in total. The number of nitrogens with one attached hydrogen (secondary N) is 1. The van der Waals surface area contributed by atoms with Crippen molar-refractivity contribution < 1.29 is 13.9 Å². The highest BCUT2D eigenvalue weighted by atomic mass is 35.5. The summed E-state index contributed by atoms with van der Waals surface area (Å²) in [7, 11) is 1.54. The van der Waals surface area contributed by atoms with Crippen LogP contribution < -0.4 is 15.8 Å². The Balaban J connectivity index is 0.00000288. The molecule has 1 atom stereocenters. The van der Waals surface area contributed by atoms with Gasteiger partial charge in [0, 0.05) is 11.6 Å². The monoisotopic (exact) mass is 352 g/mol. The van der Waals surface area contributed by atoms with Gasteiger partial charge in [0.1, 0.15) is 11.6 Å². The summed E-state index contributed by atoms with van der Waals surface area (Å²) in [6.07, 6.45) is 1.09. The zero-order valence-corrected chi connectivity index (χ0v) is 14.5. The highest BCUT2D eigenvalue weighted by Gasteiger charge is 2.14. The second-order valence-electron chi connectivity index (χ2n) is 5.48. The number of amides is 1. The molecule has 0 radical (unpaired) electrons. The number of nitrogens with two attached hydrogens (primary N) is 1. The van der Waals surface area contributed by atoms with E-state index in [1.165, 1.54) is 13.2 Å². The molecule has 3 N–H and O–H groups in total. The number of nitrogen functional groups attached to an aromatic ring is 1. The Bertz CT molecular complexity index is 694. The number of anilines is 2. The van der Waals surface area contributed by atoms with E-state index in [1.54, 1.807) is 36.4 Å². The van der Waals surface area contributed by atoms with E-state index in [9.17, 15) is 9.18 Å². The molecule has 0 aliphatic heterocycles. The molecule has 0 aliphatic carbocycles. The third-order valence-corrected chi connectivity index (χ3v) is 3.75. The molecule has 0 saturated carbocycles. The van der Waals surface area contributed by atoms with E-state index < -0.39 is 0 Å². The molecule has 1 amide bonds. The molecule has 0 heterocycles. The average Bonchev–Trinajstić information content (AvgIpc) is 2.54. The summed E-state index contributed by atoms with van der Waals surface area (Å²) >= 11 is 0. The second-order valence-corrected chi connectivity index (χ2v) is 5.48. The molecule has 2 aromatic rings. The van der Waals surface area contributed by atoms with Crippen LogP contribution in [-0.4, -0.2) is 13.0 Å². The summed E-state index contributed by atoms with van der Waals surface area (Å²) in [6, 6.07) is 11.7. The van der Waals surface area contributed by atoms with Gasteiger partial charge in [0.2, 0.25) is 5.91 Å². The fourth-order valence-corrected chi connectivity index (χ4v) is 2.28. The average molecular weight is 353 g/mol. The molecule has 130 valence electrons. The van der Waals surface area contributed by atoms with E-state index in [4.69, 9.17) is 10.5 Å². The number of rotatable bonds is 6. The zero-order valence-electron chi connectivity index (χ0n) is 13.7. The standard InChI is InChI=1S/C18H21FN2O2.ClH/c1-12(7-8-13-5-3-4-6-15(13)19)18(22)21-14-9-10-17(23-2)16(20)11-14;/h3-6,9-12H,7-8,20H2,1-2H3,(H,21,22);1H. The number of hydrogen-bond acceptors (Lipinski definition) is 3. The van der Waals surface area contributed by atoms with Gasteiger partial charge in [0.25, 0.3) is 0 Å². The molecule has 24 heavy (non-hydrogen) atoms. The lowest BCUT2D eigenvalue weighted by atomic mass is 10.00. The van der Waals surface area contributed by atoms with E-state index in [0.29, 0.717) is 35.5 Å². The maximum absolute atomic E-state index is 13.6. The summed E-state index contributed by atoms with van der Waals surface area (Å²) < 4.78 is 18.7. The van der Waals surface area contributed by atoms with Crippen molar-refractivity contribution in [3.63, 3.8) is 0 Å². The highest BCUT2D eigenvalue weighted by Crippen LogP contribution is 2.25. The van der Waals surface area contributed by atoms with Crippen LogP contribution in [0, 0.1) is 11.7 Å². The van der Waals surface area contributed by atoms with E-state index in [2.05, 4.69) is 5.32 Å². The highest BCUT2D eigenvalue weighted by molar-refractivity contribution is 5.93. The lowest BCUT2D eigenvalue weighted by Gasteiger charge is -2.13. The number of ether oxygens (including phenoxy) is 1. The van der Waals surface area contributed by atoms with Crippen molar-refractivity contribution in [3.8, 4) is 5.75 Å². The number of aryl methyl sites for hydroxylation is 1. The van der Waals surface area contributed by atoms with Crippen LogP contribution in [0.4, 0.5) is 15.8 Å². The third kappa shape index (κ3) is 5.13.